The summed E-state index contributed by atoms with van der Waals surface area (Å²) in [6.45, 7) is 0.527. The molecule has 2 N–H and O–H groups in total. The Morgan fingerprint density at radius 1 is 1.45 bits per heavy atom. The molecule has 0 aliphatic rings. The van der Waals surface area contributed by atoms with Gasteiger partial charge in [0.25, 0.3) is 0 Å². The fraction of sp³-hybridized carbons (Fsp3) is 0.417. The Balaban J connectivity index is 3.14. The van der Waals surface area contributed by atoms with E-state index >= 15 is 0 Å². The fourth-order valence-electron chi connectivity index (χ4n) is 1.59. The molecule has 1 rings (SSSR count). The zero-order chi connectivity index (χ0) is 15.2. The average Bonchev–Trinajstić information content (AvgIpc) is 2.41. The van der Waals surface area contributed by atoms with Crippen LogP contribution in [-0.2, 0) is 14.8 Å². The largest absolute Gasteiger partial charge is 0.398 e. The summed E-state index contributed by atoms with van der Waals surface area (Å²) in [5, 5.41) is 8.64. The maximum absolute atomic E-state index is 12.6. The number of methoxy groups -OCH3 is 1. The van der Waals surface area contributed by atoms with Crippen LogP contribution in [0.25, 0.3) is 0 Å². The number of hydrogen-bond donors (Lipinski definition) is 1. The summed E-state index contributed by atoms with van der Waals surface area (Å²) in [5.41, 5.74) is 5.92. The van der Waals surface area contributed by atoms with Gasteiger partial charge >= 0.3 is 0 Å². The molecule has 0 bridgehead atoms. The first-order chi connectivity index (χ1) is 9.43. The lowest BCUT2D eigenvalue weighted by molar-refractivity contribution is 0.179. The van der Waals surface area contributed by atoms with Crippen molar-refractivity contribution in [1.82, 2.24) is 4.31 Å². The molecule has 0 unspecified atom stereocenters. The molecule has 0 aliphatic carbocycles. The first-order valence-electron chi connectivity index (χ1n) is 5.84. The van der Waals surface area contributed by atoms with Crippen molar-refractivity contribution in [3.63, 3.8) is 0 Å². The summed E-state index contributed by atoms with van der Waals surface area (Å²) in [7, 11) is -2.26. The molecule has 0 fully saturated rings. The number of benzene rings is 1. The summed E-state index contributed by atoms with van der Waals surface area (Å²) in [4.78, 5) is 0.0286. The number of anilines is 1. The van der Waals surface area contributed by atoms with Crippen molar-refractivity contribution in [2.24, 2.45) is 0 Å². The van der Waals surface area contributed by atoms with Gasteiger partial charge < -0.3 is 10.5 Å². The first-order valence-corrected chi connectivity index (χ1v) is 8.08. The second kappa shape index (κ2) is 7.59. The lowest BCUT2D eigenvalue weighted by Crippen LogP contribution is -2.35. The van der Waals surface area contributed by atoms with E-state index in [0.717, 1.165) is 0 Å². The van der Waals surface area contributed by atoms with Gasteiger partial charge in [0.2, 0.25) is 10.0 Å². The second-order valence-corrected chi connectivity index (χ2v) is 6.81. The topological polar surface area (TPSA) is 96.4 Å². The minimum absolute atomic E-state index is 0.0286. The highest BCUT2D eigenvalue weighted by molar-refractivity contribution is 9.10. The SMILES string of the molecule is COCCN(CCC#N)S(=O)(=O)c1cc(Br)ccc1N. The van der Waals surface area contributed by atoms with Gasteiger partial charge in [0, 0.05) is 31.1 Å². The molecule has 0 heterocycles. The van der Waals surface area contributed by atoms with Gasteiger partial charge in [-0.15, -0.1) is 0 Å². The monoisotopic (exact) mass is 361 g/mol. The molecule has 6 nitrogen and oxygen atoms in total. The van der Waals surface area contributed by atoms with E-state index in [-0.39, 0.29) is 36.7 Å². The van der Waals surface area contributed by atoms with Crippen molar-refractivity contribution in [3.05, 3.63) is 22.7 Å². The predicted molar refractivity (Wildman–Crippen MR) is 79.4 cm³/mol. The Hall–Kier alpha value is -1.14. The number of halogens is 1. The Labute approximate surface area is 127 Å². The van der Waals surface area contributed by atoms with Gasteiger partial charge in [-0.05, 0) is 18.2 Å². The lowest BCUT2D eigenvalue weighted by Gasteiger charge is -2.21. The van der Waals surface area contributed by atoms with Crippen molar-refractivity contribution >= 4 is 31.6 Å². The van der Waals surface area contributed by atoms with Crippen molar-refractivity contribution in [2.75, 3.05) is 32.5 Å². The van der Waals surface area contributed by atoms with E-state index < -0.39 is 10.0 Å². The van der Waals surface area contributed by atoms with E-state index in [0.29, 0.717) is 4.47 Å². The van der Waals surface area contributed by atoms with E-state index in [1.54, 1.807) is 6.07 Å². The van der Waals surface area contributed by atoms with E-state index in [9.17, 15) is 8.42 Å². The van der Waals surface area contributed by atoms with Gasteiger partial charge in [-0.25, -0.2) is 8.42 Å². The lowest BCUT2D eigenvalue weighted by atomic mass is 10.3. The van der Waals surface area contributed by atoms with Crippen molar-refractivity contribution in [1.29, 1.82) is 5.26 Å². The number of hydrogen-bond acceptors (Lipinski definition) is 5. The maximum atomic E-state index is 12.6. The van der Waals surface area contributed by atoms with Crippen LogP contribution < -0.4 is 5.73 Å². The Kier molecular flexibility index (Phi) is 6.42. The zero-order valence-electron chi connectivity index (χ0n) is 11.0. The Morgan fingerprint density at radius 3 is 2.75 bits per heavy atom. The van der Waals surface area contributed by atoms with Gasteiger partial charge in [-0.1, -0.05) is 15.9 Å². The van der Waals surface area contributed by atoms with E-state index in [2.05, 4.69) is 15.9 Å². The highest BCUT2D eigenvalue weighted by Gasteiger charge is 2.26. The molecular weight excluding hydrogens is 346 g/mol. The molecule has 1 aromatic rings. The molecule has 110 valence electrons. The molecule has 0 aromatic heterocycles. The molecular formula is C12H16BrN3O3S. The van der Waals surface area contributed by atoms with Gasteiger partial charge in [-0.2, -0.15) is 9.57 Å². The van der Waals surface area contributed by atoms with Crippen molar-refractivity contribution < 1.29 is 13.2 Å². The van der Waals surface area contributed by atoms with E-state index in [1.807, 2.05) is 6.07 Å². The predicted octanol–water partition coefficient (Wildman–Crippen LogP) is 1.58. The molecule has 0 aliphatic heterocycles. The van der Waals surface area contributed by atoms with Crippen LogP contribution in [0.2, 0.25) is 0 Å². The van der Waals surface area contributed by atoms with Crippen LogP contribution in [0.4, 0.5) is 5.69 Å². The summed E-state index contributed by atoms with van der Waals surface area (Å²) < 4.78 is 31.9. The minimum Gasteiger partial charge on any atom is -0.398 e. The molecule has 0 radical (unpaired) electrons. The van der Waals surface area contributed by atoms with Crippen molar-refractivity contribution in [3.8, 4) is 6.07 Å². The molecule has 1 aromatic carbocycles. The van der Waals surface area contributed by atoms with Crippen LogP contribution in [-0.4, -0.2) is 39.5 Å². The van der Waals surface area contributed by atoms with Crippen LogP contribution >= 0.6 is 15.9 Å². The number of nitrogens with two attached hydrogens (primary N) is 1. The maximum Gasteiger partial charge on any atom is 0.245 e. The highest BCUT2D eigenvalue weighted by Crippen LogP contribution is 2.26. The number of rotatable bonds is 7. The Bertz CT molecular complexity index is 598. The number of nitrogen functional groups attached to an aromatic ring is 1. The van der Waals surface area contributed by atoms with Gasteiger partial charge in [-0.3, -0.25) is 0 Å². The minimum atomic E-state index is -3.75. The van der Waals surface area contributed by atoms with Crippen LogP contribution in [0.3, 0.4) is 0 Å². The molecule has 0 atom stereocenters. The van der Waals surface area contributed by atoms with Gasteiger partial charge in [0.05, 0.1) is 18.4 Å². The molecule has 0 saturated heterocycles. The molecule has 8 heteroatoms. The first kappa shape index (κ1) is 16.9. The van der Waals surface area contributed by atoms with Crippen molar-refractivity contribution in [2.45, 2.75) is 11.3 Å². The molecule has 0 amide bonds. The number of nitriles is 1. The third kappa shape index (κ3) is 4.18. The molecule has 0 saturated carbocycles. The number of ether oxygens (including phenoxy) is 1. The summed E-state index contributed by atoms with van der Waals surface area (Å²) in [5.74, 6) is 0. The van der Waals surface area contributed by atoms with Crippen LogP contribution in [0.1, 0.15) is 6.42 Å². The standard InChI is InChI=1S/C12H16BrN3O3S/c1-19-8-7-16(6-2-5-14)20(17,18)12-9-10(13)3-4-11(12)15/h3-4,9H,2,6-8,15H2,1H3. The van der Waals surface area contributed by atoms with Gasteiger partial charge in [0.15, 0.2) is 0 Å². The smallest absolute Gasteiger partial charge is 0.245 e. The third-order valence-electron chi connectivity index (χ3n) is 2.61. The number of sulfonamides is 1. The van der Waals surface area contributed by atoms with Crippen LogP contribution in [0, 0.1) is 11.3 Å². The summed E-state index contributed by atoms with van der Waals surface area (Å²) in [6, 6.07) is 6.59. The molecule has 0 spiro atoms. The van der Waals surface area contributed by atoms with Gasteiger partial charge in [0.1, 0.15) is 4.90 Å². The van der Waals surface area contributed by atoms with Crippen LogP contribution in [0.15, 0.2) is 27.6 Å². The highest BCUT2D eigenvalue weighted by atomic mass is 79.9. The summed E-state index contributed by atoms with van der Waals surface area (Å²) in [6.07, 6.45) is 0.108. The third-order valence-corrected chi connectivity index (χ3v) is 5.06. The quantitative estimate of drug-likeness (QED) is 0.743. The van der Waals surface area contributed by atoms with Crippen LogP contribution in [0.5, 0.6) is 0 Å². The second-order valence-electron chi connectivity index (χ2n) is 3.99. The average molecular weight is 362 g/mol. The Morgan fingerprint density at radius 2 is 2.15 bits per heavy atom. The van der Waals surface area contributed by atoms with E-state index in [4.69, 9.17) is 15.7 Å². The zero-order valence-corrected chi connectivity index (χ0v) is 13.4. The number of nitrogens with zero attached hydrogens (tertiary/aromatic N) is 2. The van der Waals surface area contributed by atoms with E-state index in [1.165, 1.54) is 23.5 Å². The molecule has 20 heavy (non-hydrogen) atoms. The summed E-state index contributed by atoms with van der Waals surface area (Å²) >= 11 is 3.23. The normalized spacial score (nSPS) is 11.5. The fourth-order valence-corrected chi connectivity index (χ4v) is 3.67.